The minimum Gasteiger partial charge on any atom is -0.506 e. The van der Waals surface area contributed by atoms with Gasteiger partial charge in [-0.25, -0.2) is 31.0 Å². The third-order valence-corrected chi connectivity index (χ3v) is 5.48. The summed E-state index contributed by atoms with van der Waals surface area (Å²) < 4.78 is 92.8. The number of aromatic hydroxyl groups is 1. The van der Waals surface area contributed by atoms with Crippen molar-refractivity contribution in [3.05, 3.63) is 58.4 Å². The molecule has 0 aromatic heterocycles. The average molecular weight is 422 g/mol. The molecular weight excluding hydrogens is 411 g/mol. The fraction of sp³-hybridized carbons (Fsp3) is 0.188. The van der Waals surface area contributed by atoms with Gasteiger partial charge in [-0.3, -0.25) is 4.79 Å². The lowest BCUT2D eigenvalue weighted by Crippen LogP contribution is -2.29. The second-order valence-corrected chi connectivity index (χ2v) is 7.50. The molecule has 2 aromatic carbocycles. The van der Waals surface area contributed by atoms with Crippen LogP contribution in [0.25, 0.3) is 0 Å². The highest BCUT2D eigenvalue weighted by Gasteiger charge is 2.35. The first kappa shape index (κ1) is 19.9. The molecule has 0 saturated carbocycles. The van der Waals surface area contributed by atoms with Gasteiger partial charge in [0, 0.05) is 5.56 Å². The maximum atomic E-state index is 13.7. The van der Waals surface area contributed by atoms with Gasteiger partial charge in [-0.1, -0.05) is 6.07 Å². The first-order chi connectivity index (χ1) is 13.0. The topological polar surface area (TPSA) is 86.7 Å². The van der Waals surface area contributed by atoms with Crippen LogP contribution in [0.2, 0.25) is 0 Å². The van der Waals surface area contributed by atoms with Gasteiger partial charge in [-0.05, 0) is 30.5 Å². The van der Waals surface area contributed by atoms with E-state index < -0.39 is 69.5 Å². The SMILES string of the molecule is O=C1CN(c2ccc(CCc3c(F)c(F)c(F)c(F)c3F)cc2O)S(=O)(=O)N1. The third kappa shape index (κ3) is 3.35. The number of aryl methyl sites for hydroxylation is 1. The minimum atomic E-state index is -4.15. The lowest BCUT2D eigenvalue weighted by Gasteiger charge is -2.16. The summed E-state index contributed by atoms with van der Waals surface area (Å²) in [6.45, 7) is -0.542. The van der Waals surface area contributed by atoms with Crippen LogP contribution in [0.4, 0.5) is 27.6 Å². The van der Waals surface area contributed by atoms with E-state index in [2.05, 4.69) is 0 Å². The van der Waals surface area contributed by atoms with E-state index in [9.17, 15) is 40.3 Å². The highest BCUT2D eigenvalue weighted by molar-refractivity contribution is 7.92. The summed E-state index contributed by atoms with van der Waals surface area (Å²) in [5.74, 6) is -11.6. The van der Waals surface area contributed by atoms with Crippen molar-refractivity contribution in [2.75, 3.05) is 10.8 Å². The molecule has 0 radical (unpaired) electrons. The van der Waals surface area contributed by atoms with Crippen LogP contribution in [-0.2, 0) is 27.8 Å². The third-order valence-electron chi connectivity index (χ3n) is 4.09. The first-order valence-electron chi connectivity index (χ1n) is 7.68. The second-order valence-electron chi connectivity index (χ2n) is 5.91. The normalized spacial score (nSPS) is 15.8. The van der Waals surface area contributed by atoms with E-state index in [1.54, 1.807) is 4.72 Å². The van der Waals surface area contributed by atoms with Crippen LogP contribution in [0.5, 0.6) is 5.75 Å². The van der Waals surface area contributed by atoms with Gasteiger partial charge in [0.25, 0.3) is 5.91 Å². The Bertz CT molecular complexity index is 1060. The number of hydrogen-bond acceptors (Lipinski definition) is 4. The number of anilines is 1. The van der Waals surface area contributed by atoms with Crippen molar-refractivity contribution < 1.29 is 40.3 Å². The quantitative estimate of drug-likeness (QED) is 0.449. The Morgan fingerprint density at radius 1 is 0.964 bits per heavy atom. The van der Waals surface area contributed by atoms with Gasteiger partial charge in [0.05, 0.1) is 5.69 Å². The standard InChI is InChI=1S/C16H11F5N2O4S/c17-12-8(13(18)15(20)16(21)14(12)19)3-1-7-2-4-9(10(24)5-7)23-6-11(25)22-28(23,26)27/h2,4-5,24H,1,3,6H2,(H,22,25). The molecule has 1 aliphatic rings. The number of rotatable bonds is 4. The summed E-state index contributed by atoms with van der Waals surface area (Å²) in [6, 6.07) is 3.51. The Morgan fingerprint density at radius 3 is 2.04 bits per heavy atom. The van der Waals surface area contributed by atoms with Crippen molar-refractivity contribution in [3.8, 4) is 5.75 Å². The molecule has 1 fully saturated rings. The van der Waals surface area contributed by atoms with E-state index in [0.717, 1.165) is 12.1 Å². The molecule has 3 rings (SSSR count). The van der Waals surface area contributed by atoms with Crippen LogP contribution < -0.4 is 9.03 Å². The zero-order valence-electron chi connectivity index (χ0n) is 13.8. The van der Waals surface area contributed by atoms with E-state index in [4.69, 9.17) is 0 Å². The first-order valence-corrected chi connectivity index (χ1v) is 9.12. The van der Waals surface area contributed by atoms with Crippen LogP contribution in [0.15, 0.2) is 18.2 Å². The van der Waals surface area contributed by atoms with Gasteiger partial charge in [0.15, 0.2) is 23.3 Å². The number of hydrogen-bond donors (Lipinski definition) is 2. The maximum Gasteiger partial charge on any atom is 0.326 e. The van der Waals surface area contributed by atoms with Crippen molar-refractivity contribution in [3.63, 3.8) is 0 Å². The molecule has 12 heteroatoms. The van der Waals surface area contributed by atoms with Crippen LogP contribution >= 0.6 is 0 Å². The zero-order valence-corrected chi connectivity index (χ0v) is 14.6. The fourth-order valence-electron chi connectivity index (χ4n) is 2.74. The summed E-state index contributed by atoms with van der Waals surface area (Å²) in [5, 5.41) is 10.0. The van der Waals surface area contributed by atoms with Gasteiger partial charge in [-0.15, -0.1) is 0 Å². The Labute approximate surface area is 155 Å². The molecule has 0 atom stereocenters. The fourth-order valence-corrected chi connectivity index (χ4v) is 3.90. The highest BCUT2D eigenvalue weighted by Crippen LogP contribution is 2.32. The lowest BCUT2D eigenvalue weighted by molar-refractivity contribution is -0.117. The van der Waals surface area contributed by atoms with Gasteiger partial charge >= 0.3 is 10.2 Å². The summed E-state index contributed by atoms with van der Waals surface area (Å²) in [6.07, 6.45) is -0.775. The summed E-state index contributed by atoms with van der Waals surface area (Å²) in [7, 11) is -4.15. The number of carbonyl (C=O) groups excluding carboxylic acids is 1. The highest BCUT2D eigenvalue weighted by atomic mass is 32.2. The van der Waals surface area contributed by atoms with Crippen molar-refractivity contribution in [1.82, 2.24) is 4.72 Å². The molecule has 1 saturated heterocycles. The second kappa shape index (κ2) is 6.93. The number of nitrogens with one attached hydrogen (secondary N) is 1. The molecule has 1 heterocycles. The van der Waals surface area contributed by atoms with Crippen molar-refractivity contribution in [2.24, 2.45) is 0 Å². The smallest absolute Gasteiger partial charge is 0.326 e. The monoisotopic (exact) mass is 422 g/mol. The van der Waals surface area contributed by atoms with Crippen LogP contribution in [0.1, 0.15) is 11.1 Å². The molecule has 0 unspecified atom stereocenters. The van der Waals surface area contributed by atoms with Crippen molar-refractivity contribution in [1.29, 1.82) is 0 Å². The summed E-state index contributed by atoms with van der Waals surface area (Å²) in [4.78, 5) is 11.3. The van der Waals surface area contributed by atoms with Gasteiger partial charge < -0.3 is 5.11 Å². The molecule has 2 aromatic rings. The maximum absolute atomic E-state index is 13.7. The Morgan fingerprint density at radius 2 is 1.54 bits per heavy atom. The predicted molar refractivity (Wildman–Crippen MR) is 86.2 cm³/mol. The number of carbonyl (C=O) groups is 1. The molecule has 0 bridgehead atoms. The van der Waals surface area contributed by atoms with E-state index >= 15 is 0 Å². The average Bonchev–Trinajstić information content (AvgIpc) is 2.90. The van der Waals surface area contributed by atoms with E-state index in [0.29, 0.717) is 4.31 Å². The number of phenols is 1. The number of amides is 1. The molecule has 6 nitrogen and oxygen atoms in total. The lowest BCUT2D eigenvalue weighted by atomic mass is 10.0. The van der Waals surface area contributed by atoms with E-state index in [1.165, 1.54) is 6.07 Å². The van der Waals surface area contributed by atoms with Crippen LogP contribution in [-0.4, -0.2) is 26.0 Å². The number of nitrogens with zero attached hydrogens (tertiary/aromatic N) is 1. The Hall–Kier alpha value is -2.89. The van der Waals surface area contributed by atoms with Crippen LogP contribution in [0, 0.1) is 29.1 Å². The molecule has 1 aliphatic heterocycles. The number of benzene rings is 2. The molecule has 1 amide bonds. The zero-order chi connectivity index (χ0) is 20.8. The summed E-state index contributed by atoms with van der Waals surface area (Å²) >= 11 is 0. The largest absolute Gasteiger partial charge is 0.506 e. The number of halogens is 5. The molecule has 0 spiro atoms. The Kier molecular flexibility index (Phi) is 4.91. The molecule has 2 N–H and O–H groups in total. The molecule has 0 aliphatic carbocycles. The van der Waals surface area contributed by atoms with E-state index in [1.807, 2.05) is 0 Å². The van der Waals surface area contributed by atoms with Crippen molar-refractivity contribution in [2.45, 2.75) is 12.8 Å². The van der Waals surface area contributed by atoms with Crippen molar-refractivity contribution >= 4 is 21.8 Å². The number of phenolic OH excluding ortho intramolecular Hbond substituents is 1. The van der Waals surface area contributed by atoms with Gasteiger partial charge in [-0.2, -0.15) is 8.42 Å². The molecule has 150 valence electrons. The summed E-state index contributed by atoms with van der Waals surface area (Å²) in [5.41, 5.74) is -0.976. The Balaban J connectivity index is 1.85. The van der Waals surface area contributed by atoms with Gasteiger partial charge in [0.1, 0.15) is 12.3 Å². The molecule has 28 heavy (non-hydrogen) atoms. The predicted octanol–water partition coefficient (Wildman–Crippen LogP) is 2.05. The van der Waals surface area contributed by atoms with E-state index in [-0.39, 0.29) is 17.7 Å². The van der Waals surface area contributed by atoms with Gasteiger partial charge in [0.2, 0.25) is 5.82 Å². The minimum absolute atomic E-state index is 0.210. The van der Waals surface area contributed by atoms with Crippen LogP contribution in [0.3, 0.4) is 0 Å². The molecular formula is C16H11F5N2O4S.